The number of aryl methyl sites for hydroxylation is 2. The van der Waals surface area contributed by atoms with Crippen LogP contribution in [0.15, 0.2) is 42.5 Å². The molecular formula is C26H36N2O3. The van der Waals surface area contributed by atoms with Gasteiger partial charge in [-0.1, -0.05) is 43.3 Å². The van der Waals surface area contributed by atoms with Crippen molar-refractivity contribution in [3.63, 3.8) is 0 Å². The van der Waals surface area contributed by atoms with E-state index in [2.05, 4.69) is 11.4 Å². The highest BCUT2D eigenvalue weighted by molar-refractivity contribution is 5.88. The van der Waals surface area contributed by atoms with Crippen molar-refractivity contribution < 1.29 is 14.3 Å². The van der Waals surface area contributed by atoms with Gasteiger partial charge in [0.05, 0.1) is 0 Å². The molecule has 0 aliphatic heterocycles. The van der Waals surface area contributed by atoms with Gasteiger partial charge in [-0.25, -0.2) is 0 Å². The fraction of sp³-hybridized carbons (Fsp3) is 0.462. The minimum atomic E-state index is -0.525. The summed E-state index contributed by atoms with van der Waals surface area (Å²) >= 11 is 0. The van der Waals surface area contributed by atoms with Crippen LogP contribution in [0.2, 0.25) is 0 Å². The summed E-state index contributed by atoms with van der Waals surface area (Å²) in [5.74, 6) is 0.412. The van der Waals surface area contributed by atoms with E-state index in [9.17, 15) is 9.59 Å². The van der Waals surface area contributed by atoms with E-state index in [0.29, 0.717) is 25.1 Å². The molecule has 0 aliphatic carbocycles. The molecule has 0 saturated carbocycles. The summed E-state index contributed by atoms with van der Waals surface area (Å²) < 4.78 is 5.93. The van der Waals surface area contributed by atoms with Gasteiger partial charge >= 0.3 is 0 Å². The minimum absolute atomic E-state index is 0.0156. The van der Waals surface area contributed by atoms with Crippen LogP contribution in [0.4, 0.5) is 0 Å². The first kappa shape index (κ1) is 24.4. The summed E-state index contributed by atoms with van der Waals surface area (Å²) in [5.41, 5.74) is 4.38. The molecule has 0 saturated heterocycles. The van der Waals surface area contributed by atoms with Crippen molar-refractivity contribution in [1.29, 1.82) is 0 Å². The predicted octanol–water partition coefficient (Wildman–Crippen LogP) is 4.37. The Labute approximate surface area is 186 Å². The maximum atomic E-state index is 13.2. The average molecular weight is 425 g/mol. The smallest absolute Gasteiger partial charge is 0.261 e. The van der Waals surface area contributed by atoms with E-state index in [1.807, 2.05) is 77.9 Å². The maximum absolute atomic E-state index is 13.2. The lowest BCUT2D eigenvalue weighted by molar-refractivity contribution is -0.142. The van der Waals surface area contributed by atoms with Crippen LogP contribution >= 0.6 is 0 Å². The fourth-order valence-electron chi connectivity index (χ4n) is 3.65. The van der Waals surface area contributed by atoms with Gasteiger partial charge in [0, 0.05) is 12.6 Å². The second kappa shape index (κ2) is 11.5. The first-order valence-electron chi connectivity index (χ1n) is 11.1. The van der Waals surface area contributed by atoms with Crippen molar-refractivity contribution >= 4 is 11.8 Å². The molecule has 0 bridgehead atoms. The Kier molecular flexibility index (Phi) is 9.10. The normalized spacial score (nSPS) is 11.8. The van der Waals surface area contributed by atoms with Crippen LogP contribution in [0, 0.1) is 20.8 Å². The number of carbonyl (C=O) groups excluding carboxylic acids is 2. The zero-order valence-electron chi connectivity index (χ0n) is 19.7. The van der Waals surface area contributed by atoms with Crippen LogP contribution in [0.5, 0.6) is 5.75 Å². The SMILES string of the molecule is CC[C@H](C(=O)NC(C)C)N(CCc1ccccc1)C(=O)COc1cc(C)cc(C)c1C. The topological polar surface area (TPSA) is 58.6 Å². The van der Waals surface area contributed by atoms with Crippen molar-refractivity contribution in [2.24, 2.45) is 0 Å². The molecule has 0 radical (unpaired) electrons. The molecule has 0 unspecified atom stereocenters. The van der Waals surface area contributed by atoms with Gasteiger partial charge in [0.1, 0.15) is 11.8 Å². The number of carbonyl (C=O) groups is 2. The highest BCUT2D eigenvalue weighted by Gasteiger charge is 2.29. The molecule has 1 N–H and O–H groups in total. The molecule has 168 valence electrons. The second-order valence-corrected chi connectivity index (χ2v) is 8.40. The third-order valence-corrected chi connectivity index (χ3v) is 5.42. The zero-order valence-corrected chi connectivity index (χ0v) is 19.7. The van der Waals surface area contributed by atoms with Crippen molar-refractivity contribution in [2.75, 3.05) is 13.2 Å². The van der Waals surface area contributed by atoms with Crippen LogP contribution < -0.4 is 10.1 Å². The summed E-state index contributed by atoms with van der Waals surface area (Å²) in [6.07, 6.45) is 1.22. The first-order chi connectivity index (χ1) is 14.7. The molecule has 1 atom stereocenters. The predicted molar refractivity (Wildman–Crippen MR) is 125 cm³/mol. The van der Waals surface area contributed by atoms with Crippen molar-refractivity contribution in [2.45, 2.75) is 66.5 Å². The first-order valence-corrected chi connectivity index (χ1v) is 11.1. The number of hydrogen-bond donors (Lipinski definition) is 1. The lowest BCUT2D eigenvalue weighted by atomic mass is 10.1. The molecule has 2 rings (SSSR count). The van der Waals surface area contributed by atoms with E-state index >= 15 is 0 Å². The highest BCUT2D eigenvalue weighted by atomic mass is 16.5. The molecule has 2 amide bonds. The van der Waals surface area contributed by atoms with Crippen molar-refractivity contribution in [3.05, 3.63) is 64.7 Å². The van der Waals surface area contributed by atoms with Gasteiger partial charge in [0.25, 0.3) is 5.91 Å². The number of hydrogen-bond acceptors (Lipinski definition) is 3. The molecule has 2 aromatic carbocycles. The van der Waals surface area contributed by atoms with E-state index < -0.39 is 6.04 Å². The van der Waals surface area contributed by atoms with E-state index in [0.717, 1.165) is 22.3 Å². The molecule has 5 nitrogen and oxygen atoms in total. The number of amides is 2. The van der Waals surface area contributed by atoms with E-state index in [1.165, 1.54) is 0 Å². The monoisotopic (exact) mass is 424 g/mol. The van der Waals surface area contributed by atoms with Crippen LogP contribution in [-0.2, 0) is 16.0 Å². The summed E-state index contributed by atoms with van der Waals surface area (Å²) in [6, 6.07) is 13.5. The summed E-state index contributed by atoms with van der Waals surface area (Å²) in [7, 11) is 0. The Bertz CT molecular complexity index is 878. The molecule has 0 aliphatic rings. The zero-order chi connectivity index (χ0) is 23.0. The molecule has 0 fully saturated rings. The van der Waals surface area contributed by atoms with Gasteiger partial charge in [-0.2, -0.15) is 0 Å². The second-order valence-electron chi connectivity index (χ2n) is 8.40. The summed E-state index contributed by atoms with van der Waals surface area (Å²) in [6.45, 7) is 12.2. The van der Waals surface area contributed by atoms with Crippen molar-refractivity contribution in [1.82, 2.24) is 10.2 Å². The van der Waals surface area contributed by atoms with Gasteiger partial charge in [-0.05, 0) is 75.8 Å². The molecule has 2 aromatic rings. The van der Waals surface area contributed by atoms with E-state index in [4.69, 9.17) is 4.74 Å². The van der Waals surface area contributed by atoms with E-state index in [-0.39, 0.29) is 24.5 Å². The summed E-state index contributed by atoms with van der Waals surface area (Å²) in [5, 5.41) is 2.95. The molecule has 5 heteroatoms. The number of nitrogens with zero attached hydrogens (tertiary/aromatic N) is 1. The summed E-state index contributed by atoms with van der Waals surface area (Å²) in [4.78, 5) is 27.7. The lowest BCUT2D eigenvalue weighted by Crippen LogP contribution is -2.52. The van der Waals surface area contributed by atoms with Gasteiger partial charge in [0.15, 0.2) is 6.61 Å². The minimum Gasteiger partial charge on any atom is -0.483 e. The quantitative estimate of drug-likeness (QED) is 0.616. The molecule has 0 heterocycles. The van der Waals surface area contributed by atoms with Crippen molar-refractivity contribution in [3.8, 4) is 5.75 Å². The molecule has 0 spiro atoms. The number of ether oxygens (including phenoxy) is 1. The largest absolute Gasteiger partial charge is 0.483 e. The van der Waals surface area contributed by atoms with Crippen LogP contribution in [0.1, 0.15) is 49.4 Å². The highest BCUT2D eigenvalue weighted by Crippen LogP contribution is 2.23. The van der Waals surface area contributed by atoms with Crippen LogP contribution in [0.3, 0.4) is 0 Å². The van der Waals surface area contributed by atoms with Gasteiger partial charge in [-0.3, -0.25) is 9.59 Å². The van der Waals surface area contributed by atoms with Crippen LogP contribution in [0.25, 0.3) is 0 Å². The number of nitrogens with one attached hydrogen (secondary N) is 1. The van der Waals surface area contributed by atoms with E-state index in [1.54, 1.807) is 4.90 Å². The Morgan fingerprint density at radius 2 is 1.74 bits per heavy atom. The Balaban J connectivity index is 2.19. The third kappa shape index (κ3) is 7.12. The number of rotatable bonds is 10. The Morgan fingerprint density at radius 1 is 1.06 bits per heavy atom. The Hall–Kier alpha value is -2.82. The maximum Gasteiger partial charge on any atom is 0.261 e. The standard InChI is InChI=1S/C26H36N2O3/c1-7-23(26(30)27-18(2)3)28(14-13-22-11-9-8-10-12-22)25(29)17-31-24-16-19(4)15-20(5)21(24)6/h8-12,15-16,18,23H,7,13-14,17H2,1-6H3,(H,27,30)/t23-/m1/s1. The molecular weight excluding hydrogens is 388 g/mol. The van der Waals surface area contributed by atoms with Gasteiger partial charge in [-0.15, -0.1) is 0 Å². The molecule has 31 heavy (non-hydrogen) atoms. The fourth-order valence-corrected chi connectivity index (χ4v) is 3.65. The van der Waals surface area contributed by atoms with Gasteiger partial charge in [0.2, 0.25) is 5.91 Å². The van der Waals surface area contributed by atoms with Crippen LogP contribution in [-0.4, -0.2) is 41.9 Å². The number of benzene rings is 2. The average Bonchev–Trinajstić information content (AvgIpc) is 2.72. The van der Waals surface area contributed by atoms with Gasteiger partial charge < -0.3 is 15.0 Å². The third-order valence-electron chi connectivity index (χ3n) is 5.42. The Morgan fingerprint density at radius 3 is 2.35 bits per heavy atom. The molecule has 0 aromatic heterocycles. The lowest BCUT2D eigenvalue weighted by Gasteiger charge is -2.31.